The highest BCUT2D eigenvalue weighted by molar-refractivity contribution is 5.92. The Hall–Kier alpha value is -2.56. The van der Waals surface area contributed by atoms with Crippen LogP contribution in [0.3, 0.4) is 0 Å². The van der Waals surface area contributed by atoms with Gasteiger partial charge in [0.25, 0.3) is 0 Å². The zero-order valence-corrected chi connectivity index (χ0v) is 12.2. The van der Waals surface area contributed by atoms with Crippen LogP contribution >= 0.6 is 0 Å². The lowest BCUT2D eigenvalue weighted by Gasteiger charge is -2.12. The number of nitrogens with zero attached hydrogens (tertiary/aromatic N) is 1. The maximum absolute atomic E-state index is 11.8. The maximum Gasteiger partial charge on any atom is 0.338 e. The molecule has 0 aliphatic rings. The molecule has 0 bridgehead atoms. The third-order valence-corrected chi connectivity index (χ3v) is 2.84. The predicted octanol–water partition coefficient (Wildman–Crippen LogP) is 2.84. The minimum atomic E-state index is -0.365. The van der Waals surface area contributed by atoms with Gasteiger partial charge in [0.15, 0.2) is 0 Å². The monoisotopic (exact) mass is 285 g/mol. The van der Waals surface area contributed by atoms with Crippen LogP contribution in [0.2, 0.25) is 0 Å². The molecule has 1 heterocycles. The molecule has 0 atom stereocenters. The van der Waals surface area contributed by atoms with Crippen molar-refractivity contribution in [3.05, 3.63) is 53.9 Å². The van der Waals surface area contributed by atoms with Crippen molar-refractivity contribution in [3.63, 3.8) is 0 Å². The largest absolute Gasteiger partial charge is 0.459 e. The van der Waals surface area contributed by atoms with Crippen molar-refractivity contribution in [1.82, 2.24) is 4.98 Å². The zero-order valence-electron chi connectivity index (χ0n) is 12.2. The molecular weight excluding hydrogens is 266 g/mol. The average Bonchev–Trinajstić information content (AvgIpc) is 2.46. The van der Waals surface area contributed by atoms with E-state index in [0.29, 0.717) is 17.8 Å². The molecule has 21 heavy (non-hydrogen) atoms. The molecule has 0 fully saturated rings. The number of ether oxygens (including phenoxy) is 1. The first-order valence-corrected chi connectivity index (χ1v) is 6.79. The van der Waals surface area contributed by atoms with Crippen LogP contribution in [0.25, 0.3) is 0 Å². The van der Waals surface area contributed by atoms with Crippen molar-refractivity contribution >= 4 is 17.3 Å². The lowest BCUT2D eigenvalue weighted by atomic mass is 10.1. The van der Waals surface area contributed by atoms with Crippen molar-refractivity contribution in [2.24, 2.45) is 0 Å². The molecule has 0 spiro atoms. The Bertz CT molecular complexity index is 612. The Morgan fingerprint density at radius 1 is 1.38 bits per heavy atom. The summed E-state index contributed by atoms with van der Waals surface area (Å²) in [6.45, 7) is 4.24. The van der Waals surface area contributed by atoms with E-state index >= 15 is 0 Å². The summed E-state index contributed by atoms with van der Waals surface area (Å²) >= 11 is 0. The quantitative estimate of drug-likeness (QED) is 0.652. The number of anilines is 2. The van der Waals surface area contributed by atoms with Gasteiger partial charge in [0, 0.05) is 18.9 Å². The topological polar surface area (TPSA) is 77.2 Å². The second-order valence-electron chi connectivity index (χ2n) is 4.97. The normalized spacial score (nSPS) is 10.4. The van der Waals surface area contributed by atoms with Crippen molar-refractivity contribution in [3.8, 4) is 0 Å². The first-order chi connectivity index (χ1) is 10.1. The fraction of sp³-hybridized carbons (Fsp3) is 0.250. The van der Waals surface area contributed by atoms with E-state index in [0.717, 1.165) is 11.3 Å². The number of nitrogen functional groups attached to an aromatic ring is 1. The Labute approximate surface area is 124 Å². The van der Waals surface area contributed by atoms with Gasteiger partial charge in [0.1, 0.15) is 0 Å². The third-order valence-electron chi connectivity index (χ3n) is 2.84. The predicted molar refractivity (Wildman–Crippen MR) is 83.0 cm³/mol. The Morgan fingerprint density at radius 3 is 2.81 bits per heavy atom. The van der Waals surface area contributed by atoms with E-state index in [1.165, 1.54) is 0 Å². The molecule has 2 aromatic rings. The first-order valence-electron chi connectivity index (χ1n) is 6.79. The van der Waals surface area contributed by atoms with Crippen LogP contribution < -0.4 is 11.1 Å². The molecule has 0 aliphatic heterocycles. The number of benzene rings is 1. The number of carbonyl (C=O) groups is 1. The molecule has 0 radical (unpaired) electrons. The second kappa shape index (κ2) is 6.74. The number of rotatable bonds is 5. The number of nitrogens with one attached hydrogen (secondary N) is 1. The molecule has 0 saturated heterocycles. The number of nitrogens with two attached hydrogens (primary N) is 1. The van der Waals surface area contributed by atoms with Gasteiger partial charge in [-0.05, 0) is 43.7 Å². The van der Waals surface area contributed by atoms with E-state index in [2.05, 4.69) is 10.3 Å². The van der Waals surface area contributed by atoms with Crippen LogP contribution in [-0.4, -0.2) is 17.1 Å². The van der Waals surface area contributed by atoms with Crippen molar-refractivity contribution < 1.29 is 9.53 Å². The summed E-state index contributed by atoms with van der Waals surface area (Å²) in [4.78, 5) is 15.8. The van der Waals surface area contributed by atoms with Gasteiger partial charge in [-0.15, -0.1) is 0 Å². The number of hydrogen-bond acceptors (Lipinski definition) is 5. The second-order valence-corrected chi connectivity index (χ2v) is 4.97. The maximum atomic E-state index is 11.8. The van der Waals surface area contributed by atoms with E-state index in [9.17, 15) is 4.79 Å². The minimum absolute atomic E-state index is 0.151. The van der Waals surface area contributed by atoms with Gasteiger partial charge in [-0.2, -0.15) is 0 Å². The summed E-state index contributed by atoms with van der Waals surface area (Å²) in [6.07, 6.45) is 3.37. The molecule has 1 aromatic heterocycles. The summed E-state index contributed by atoms with van der Waals surface area (Å²) < 4.78 is 5.14. The van der Waals surface area contributed by atoms with Crippen LogP contribution in [0.15, 0.2) is 42.7 Å². The lowest BCUT2D eigenvalue weighted by Crippen LogP contribution is -2.12. The highest BCUT2D eigenvalue weighted by Gasteiger charge is 2.11. The van der Waals surface area contributed by atoms with E-state index in [1.807, 2.05) is 26.0 Å². The van der Waals surface area contributed by atoms with Gasteiger partial charge in [-0.3, -0.25) is 4.98 Å². The number of pyridine rings is 1. The van der Waals surface area contributed by atoms with Crippen LogP contribution in [-0.2, 0) is 11.3 Å². The van der Waals surface area contributed by atoms with Gasteiger partial charge in [-0.1, -0.05) is 6.07 Å². The summed E-state index contributed by atoms with van der Waals surface area (Å²) in [5.41, 5.74) is 8.76. The molecule has 0 amide bonds. The van der Waals surface area contributed by atoms with Crippen LogP contribution in [0, 0.1) is 0 Å². The fourth-order valence-electron chi connectivity index (χ4n) is 1.83. The van der Waals surface area contributed by atoms with Gasteiger partial charge in [-0.25, -0.2) is 4.79 Å². The molecular formula is C16H19N3O2. The van der Waals surface area contributed by atoms with Crippen LogP contribution in [0.4, 0.5) is 11.4 Å². The Kier molecular flexibility index (Phi) is 4.77. The van der Waals surface area contributed by atoms with Crippen molar-refractivity contribution in [1.29, 1.82) is 0 Å². The van der Waals surface area contributed by atoms with Gasteiger partial charge >= 0.3 is 5.97 Å². The number of hydrogen-bond donors (Lipinski definition) is 2. The van der Waals surface area contributed by atoms with Gasteiger partial charge in [0.05, 0.1) is 23.0 Å². The van der Waals surface area contributed by atoms with Crippen molar-refractivity contribution in [2.75, 3.05) is 11.1 Å². The molecule has 0 aliphatic carbocycles. The third kappa shape index (κ3) is 4.21. The summed E-state index contributed by atoms with van der Waals surface area (Å²) in [5, 5.41) is 3.22. The Morgan fingerprint density at radius 2 is 2.19 bits per heavy atom. The molecule has 5 nitrogen and oxygen atoms in total. The Balaban J connectivity index is 2.04. The molecule has 5 heteroatoms. The SMILES string of the molecule is CC(C)OC(=O)c1ccc(NCc2cccnc2)c(N)c1. The number of carbonyl (C=O) groups excluding carboxylic acids is 1. The highest BCUT2D eigenvalue weighted by atomic mass is 16.5. The molecule has 0 saturated carbocycles. The molecule has 110 valence electrons. The van der Waals surface area contributed by atoms with Crippen LogP contribution in [0.1, 0.15) is 29.8 Å². The minimum Gasteiger partial charge on any atom is -0.459 e. The number of aromatic nitrogens is 1. The summed E-state index contributed by atoms with van der Waals surface area (Å²) in [5.74, 6) is -0.365. The van der Waals surface area contributed by atoms with Gasteiger partial charge < -0.3 is 15.8 Å². The van der Waals surface area contributed by atoms with Crippen LogP contribution in [0.5, 0.6) is 0 Å². The summed E-state index contributed by atoms with van der Waals surface area (Å²) in [6, 6.07) is 8.96. The van der Waals surface area contributed by atoms with Crippen molar-refractivity contribution in [2.45, 2.75) is 26.5 Å². The average molecular weight is 285 g/mol. The van der Waals surface area contributed by atoms with Gasteiger partial charge in [0.2, 0.25) is 0 Å². The number of esters is 1. The molecule has 2 rings (SSSR count). The van der Waals surface area contributed by atoms with E-state index in [-0.39, 0.29) is 12.1 Å². The van der Waals surface area contributed by atoms with E-state index < -0.39 is 0 Å². The van der Waals surface area contributed by atoms with E-state index in [4.69, 9.17) is 10.5 Å². The highest BCUT2D eigenvalue weighted by Crippen LogP contribution is 2.21. The zero-order chi connectivity index (χ0) is 15.2. The lowest BCUT2D eigenvalue weighted by molar-refractivity contribution is 0.0378. The first kappa shape index (κ1) is 14.8. The van der Waals surface area contributed by atoms with E-state index in [1.54, 1.807) is 30.6 Å². The molecule has 1 aromatic carbocycles. The fourth-order valence-corrected chi connectivity index (χ4v) is 1.83. The smallest absolute Gasteiger partial charge is 0.338 e. The molecule has 3 N–H and O–H groups in total. The standard InChI is InChI=1S/C16H19N3O2/c1-11(2)21-16(20)13-5-6-15(14(17)8-13)19-10-12-4-3-7-18-9-12/h3-9,11,19H,10,17H2,1-2H3. The molecule has 0 unspecified atom stereocenters. The summed E-state index contributed by atoms with van der Waals surface area (Å²) in [7, 11) is 0.